The van der Waals surface area contributed by atoms with Crippen LogP contribution in [0.15, 0.2) is 23.8 Å². The number of epoxide rings is 1. The minimum absolute atomic E-state index is 0.0225. The summed E-state index contributed by atoms with van der Waals surface area (Å²) in [7, 11) is 0. The van der Waals surface area contributed by atoms with Crippen LogP contribution < -0.4 is 0 Å². The van der Waals surface area contributed by atoms with Crippen molar-refractivity contribution in [2.24, 2.45) is 0 Å². The molecule has 1 fully saturated rings. The molecule has 0 saturated carbocycles. The molecule has 2 rings (SSSR count). The molecular weight excluding hydrogens is 468 g/mol. The third-order valence-corrected chi connectivity index (χ3v) is 8.37. The first kappa shape index (κ1) is 33.1. The minimum atomic E-state index is -0.0957. The average Bonchev–Trinajstić information content (AvgIpc) is 3.58. The van der Waals surface area contributed by atoms with Crippen LogP contribution in [0.5, 0.6) is 0 Å². The number of carbonyl (C=O) groups excluding carboxylic acids is 1. The fraction of sp³-hybridized carbons (Fsp3) is 0.857. The molecule has 0 spiro atoms. The number of ether oxygens (including phenoxy) is 2. The molecule has 0 radical (unpaired) electrons. The van der Waals surface area contributed by atoms with Gasteiger partial charge in [0.2, 0.25) is 0 Å². The zero-order valence-electron chi connectivity index (χ0n) is 25.4. The number of rotatable bonds is 27. The van der Waals surface area contributed by atoms with Gasteiger partial charge in [-0.2, -0.15) is 0 Å². The minimum Gasteiger partial charge on any atom is -0.455 e. The van der Waals surface area contributed by atoms with Crippen LogP contribution in [0.1, 0.15) is 174 Å². The van der Waals surface area contributed by atoms with E-state index in [2.05, 4.69) is 19.1 Å². The fourth-order valence-electron chi connectivity index (χ4n) is 5.82. The maximum Gasteiger partial charge on any atom is 0.334 e. The number of carbonyl (C=O) groups is 1. The standard InChI is InChI=1S/C35H62O3/c1-3-4-5-6-7-8-9-13-16-19-22-25-28-33-34(38-33)29-26-23-20-17-14-11-10-12-15-18-21-24-27-32-30-31(2)37-35(32)36/h20,23,30-31,33-34H,3-19,21-22,24-29H2,1-2H3/b23-20-/t31-,33-,34-/m1/s1. The van der Waals surface area contributed by atoms with Gasteiger partial charge >= 0.3 is 5.97 Å². The van der Waals surface area contributed by atoms with Crippen LogP contribution in [-0.2, 0) is 14.3 Å². The molecule has 0 bridgehead atoms. The lowest BCUT2D eigenvalue weighted by molar-refractivity contribution is -0.139. The van der Waals surface area contributed by atoms with Crippen molar-refractivity contribution in [2.45, 2.75) is 193 Å². The van der Waals surface area contributed by atoms with Gasteiger partial charge in [-0.1, -0.05) is 135 Å². The van der Waals surface area contributed by atoms with Gasteiger partial charge in [0.25, 0.3) is 0 Å². The van der Waals surface area contributed by atoms with Crippen LogP contribution in [0.4, 0.5) is 0 Å². The number of hydrogen-bond donors (Lipinski definition) is 0. The van der Waals surface area contributed by atoms with E-state index in [0.29, 0.717) is 12.2 Å². The molecule has 2 heterocycles. The van der Waals surface area contributed by atoms with Crippen molar-refractivity contribution in [1.29, 1.82) is 0 Å². The third-order valence-electron chi connectivity index (χ3n) is 8.37. The molecule has 3 nitrogen and oxygen atoms in total. The Bertz CT molecular complexity index is 637. The Morgan fingerprint density at radius 2 is 1.13 bits per heavy atom. The van der Waals surface area contributed by atoms with E-state index < -0.39 is 0 Å². The molecule has 0 aliphatic carbocycles. The Morgan fingerprint density at radius 1 is 0.632 bits per heavy atom. The van der Waals surface area contributed by atoms with E-state index in [9.17, 15) is 4.79 Å². The predicted molar refractivity (Wildman–Crippen MR) is 163 cm³/mol. The smallest absolute Gasteiger partial charge is 0.334 e. The van der Waals surface area contributed by atoms with E-state index in [1.54, 1.807) is 0 Å². The van der Waals surface area contributed by atoms with Gasteiger partial charge in [0.15, 0.2) is 0 Å². The van der Waals surface area contributed by atoms with Gasteiger partial charge in [0.05, 0.1) is 12.2 Å². The molecule has 2 aliphatic heterocycles. The molecule has 2 aliphatic rings. The Labute approximate surface area is 236 Å². The number of unbranched alkanes of at least 4 members (excludes halogenated alkanes) is 19. The highest BCUT2D eigenvalue weighted by Gasteiger charge is 2.36. The number of allylic oxidation sites excluding steroid dienone is 2. The summed E-state index contributed by atoms with van der Waals surface area (Å²) < 4.78 is 11.1. The third kappa shape index (κ3) is 17.5. The van der Waals surface area contributed by atoms with Crippen molar-refractivity contribution >= 4 is 5.97 Å². The zero-order valence-corrected chi connectivity index (χ0v) is 25.4. The predicted octanol–water partition coefficient (Wildman–Crippen LogP) is 11.0. The molecule has 0 N–H and O–H groups in total. The van der Waals surface area contributed by atoms with E-state index >= 15 is 0 Å². The molecule has 220 valence electrons. The van der Waals surface area contributed by atoms with Crippen molar-refractivity contribution in [3.63, 3.8) is 0 Å². The summed E-state index contributed by atoms with van der Waals surface area (Å²) in [5, 5.41) is 0. The molecule has 3 atom stereocenters. The van der Waals surface area contributed by atoms with E-state index in [4.69, 9.17) is 9.47 Å². The summed E-state index contributed by atoms with van der Waals surface area (Å²) in [6.45, 7) is 4.22. The normalized spacial score (nSPS) is 20.8. The summed E-state index contributed by atoms with van der Waals surface area (Å²) >= 11 is 0. The summed E-state index contributed by atoms with van der Waals surface area (Å²) in [4.78, 5) is 11.6. The van der Waals surface area contributed by atoms with Crippen molar-refractivity contribution in [3.05, 3.63) is 23.8 Å². The van der Waals surface area contributed by atoms with Crippen molar-refractivity contribution in [1.82, 2.24) is 0 Å². The quantitative estimate of drug-likeness (QED) is 0.0459. The number of hydrogen-bond acceptors (Lipinski definition) is 3. The van der Waals surface area contributed by atoms with Crippen LogP contribution in [0.25, 0.3) is 0 Å². The van der Waals surface area contributed by atoms with Gasteiger partial charge in [-0.05, 0) is 57.9 Å². The zero-order chi connectivity index (χ0) is 27.1. The summed E-state index contributed by atoms with van der Waals surface area (Å²) in [5.74, 6) is -0.0957. The number of cyclic esters (lactones) is 1. The number of esters is 1. The topological polar surface area (TPSA) is 38.8 Å². The Balaban J connectivity index is 1.23. The Hall–Kier alpha value is -1.09. The van der Waals surface area contributed by atoms with Gasteiger partial charge in [-0.15, -0.1) is 0 Å². The lowest BCUT2D eigenvalue weighted by atomic mass is 10.0. The molecule has 0 aromatic heterocycles. The summed E-state index contributed by atoms with van der Waals surface area (Å²) in [6.07, 6.45) is 41.2. The van der Waals surface area contributed by atoms with Gasteiger partial charge in [-0.25, -0.2) is 4.79 Å². The Kier molecular flexibility index (Phi) is 19.8. The first-order chi connectivity index (χ1) is 18.7. The van der Waals surface area contributed by atoms with Crippen molar-refractivity contribution < 1.29 is 14.3 Å². The van der Waals surface area contributed by atoms with Crippen molar-refractivity contribution in [2.75, 3.05) is 0 Å². The second kappa shape index (κ2) is 22.7. The fourth-order valence-corrected chi connectivity index (χ4v) is 5.82. The SMILES string of the molecule is CCCCCCCCCCCCCC[C@H]1O[C@@H]1CC/C=C\CCCCCCCCCCC1=C[C@@H](C)OC1=O. The van der Waals surface area contributed by atoms with Crippen LogP contribution in [0, 0.1) is 0 Å². The van der Waals surface area contributed by atoms with Crippen LogP contribution in [-0.4, -0.2) is 24.3 Å². The highest BCUT2D eigenvalue weighted by atomic mass is 16.6. The highest BCUT2D eigenvalue weighted by molar-refractivity contribution is 5.90. The molecule has 0 aromatic carbocycles. The van der Waals surface area contributed by atoms with E-state index in [-0.39, 0.29) is 12.1 Å². The highest BCUT2D eigenvalue weighted by Crippen LogP contribution is 2.31. The molecule has 0 aromatic rings. The second-order valence-electron chi connectivity index (χ2n) is 12.1. The van der Waals surface area contributed by atoms with Crippen molar-refractivity contribution in [3.8, 4) is 0 Å². The second-order valence-corrected chi connectivity index (χ2v) is 12.1. The van der Waals surface area contributed by atoms with Gasteiger partial charge in [0, 0.05) is 5.57 Å². The van der Waals surface area contributed by atoms with Gasteiger partial charge in [-0.3, -0.25) is 0 Å². The molecular formula is C35H62O3. The van der Waals surface area contributed by atoms with Gasteiger partial charge < -0.3 is 9.47 Å². The summed E-state index contributed by atoms with van der Waals surface area (Å²) in [6, 6.07) is 0. The van der Waals surface area contributed by atoms with E-state index in [1.807, 2.05) is 13.0 Å². The average molecular weight is 531 g/mol. The maximum atomic E-state index is 11.6. The first-order valence-corrected chi connectivity index (χ1v) is 16.9. The molecule has 3 heteroatoms. The van der Waals surface area contributed by atoms with Crippen LogP contribution in [0.3, 0.4) is 0 Å². The van der Waals surface area contributed by atoms with Crippen LogP contribution >= 0.6 is 0 Å². The monoisotopic (exact) mass is 530 g/mol. The van der Waals surface area contributed by atoms with E-state index in [1.165, 1.54) is 148 Å². The molecule has 0 unspecified atom stereocenters. The molecule has 1 saturated heterocycles. The largest absolute Gasteiger partial charge is 0.455 e. The van der Waals surface area contributed by atoms with Crippen LogP contribution in [0.2, 0.25) is 0 Å². The lowest BCUT2D eigenvalue weighted by Gasteiger charge is -2.02. The lowest BCUT2D eigenvalue weighted by Crippen LogP contribution is -2.03. The summed E-state index contributed by atoms with van der Waals surface area (Å²) in [5.41, 5.74) is 0.893. The first-order valence-electron chi connectivity index (χ1n) is 16.9. The maximum absolute atomic E-state index is 11.6. The molecule has 38 heavy (non-hydrogen) atoms. The Morgan fingerprint density at radius 3 is 1.71 bits per heavy atom. The molecule has 0 amide bonds. The van der Waals surface area contributed by atoms with Gasteiger partial charge in [0.1, 0.15) is 6.10 Å². The van der Waals surface area contributed by atoms with E-state index in [0.717, 1.165) is 18.4 Å².